The lowest BCUT2D eigenvalue weighted by atomic mass is 10.1. The van der Waals surface area contributed by atoms with Crippen LogP contribution in [-0.2, 0) is 9.59 Å². The summed E-state index contributed by atoms with van der Waals surface area (Å²) in [5, 5.41) is 11.1. The van der Waals surface area contributed by atoms with Gasteiger partial charge in [0.15, 0.2) is 0 Å². The van der Waals surface area contributed by atoms with Crippen molar-refractivity contribution in [3.8, 4) is 0 Å². The molecule has 0 saturated carbocycles. The fourth-order valence-corrected chi connectivity index (χ4v) is 4.37. The number of hydrogen-bond acceptors (Lipinski definition) is 6. The zero-order valence-electron chi connectivity index (χ0n) is 14.9. The molecule has 0 unspecified atom stereocenters. The summed E-state index contributed by atoms with van der Waals surface area (Å²) in [5.41, 5.74) is 1.58. The normalized spacial score (nSPS) is 18.7. The van der Waals surface area contributed by atoms with Gasteiger partial charge in [0, 0.05) is 37.6 Å². The third kappa shape index (κ3) is 3.29. The molecule has 4 rings (SSSR count). The molecule has 1 aromatic carbocycles. The third-order valence-electron chi connectivity index (χ3n) is 4.95. The Kier molecular flexibility index (Phi) is 5.07. The van der Waals surface area contributed by atoms with Crippen molar-refractivity contribution in [2.24, 2.45) is 0 Å². The van der Waals surface area contributed by atoms with Gasteiger partial charge in [-0.15, -0.1) is 11.3 Å². The van der Waals surface area contributed by atoms with Crippen molar-refractivity contribution in [2.45, 2.75) is 0 Å². The number of para-hydroxylation sites is 1. The largest absolute Gasteiger partial charge is 0.395 e. The van der Waals surface area contributed by atoms with E-state index >= 15 is 0 Å². The Morgan fingerprint density at radius 2 is 1.67 bits per heavy atom. The summed E-state index contributed by atoms with van der Waals surface area (Å²) in [6.07, 6.45) is 0. The van der Waals surface area contributed by atoms with Gasteiger partial charge in [-0.2, -0.15) is 0 Å². The highest BCUT2D eigenvalue weighted by Crippen LogP contribution is 2.36. The van der Waals surface area contributed by atoms with Crippen LogP contribution < -0.4 is 4.90 Å². The Hall–Kier alpha value is -2.48. The van der Waals surface area contributed by atoms with Crippen LogP contribution in [0.2, 0.25) is 0 Å². The van der Waals surface area contributed by atoms with E-state index in [1.54, 1.807) is 12.1 Å². The molecule has 3 heterocycles. The number of anilines is 1. The van der Waals surface area contributed by atoms with Gasteiger partial charge in [0.25, 0.3) is 11.8 Å². The van der Waals surface area contributed by atoms with Gasteiger partial charge < -0.3 is 10.0 Å². The van der Waals surface area contributed by atoms with E-state index in [-0.39, 0.29) is 18.4 Å². The molecule has 7 heteroatoms. The molecule has 2 aromatic rings. The molecule has 27 heavy (non-hydrogen) atoms. The Morgan fingerprint density at radius 1 is 0.926 bits per heavy atom. The lowest BCUT2D eigenvalue weighted by molar-refractivity contribution is -0.120. The number of aliphatic hydroxyl groups is 1. The van der Waals surface area contributed by atoms with E-state index in [2.05, 4.69) is 4.90 Å². The average Bonchev–Trinajstić information content (AvgIpc) is 3.30. The quantitative estimate of drug-likeness (QED) is 0.796. The van der Waals surface area contributed by atoms with Crippen LogP contribution in [0.5, 0.6) is 0 Å². The summed E-state index contributed by atoms with van der Waals surface area (Å²) in [6, 6.07) is 12.9. The molecular weight excluding hydrogens is 362 g/mol. The molecule has 1 aromatic heterocycles. The number of hydrogen-bond donors (Lipinski definition) is 1. The van der Waals surface area contributed by atoms with E-state index < -0.39 is 0 Å². The summed E-state index contributed by atoms with van der Waals surface area (Å²) < 4.78 is 0. The fourth-order valence-electron chi connectivity index (χ4n) is 3.60. The van der Waals surface area contributed by atoms with E-state index in [4.69, 9.17) is 5.11 Å². The maximum Gasteiger partial charge on any atom is 0.282 e. The van der Waals surface area contributed by atoms with E-state index in [9.17, 15) is 9.59 Å². The monoisotopic (exact) mass is 383 g/mol. The van der Waals surface area contributed by atoms with Gasteiger partial charge in [-0.25, -0.2) is 4.90 Å². The molecule has 0 radical (unpaired) electrons. The van der Waals surface area contributed by atoms with Crippen molar-refractivity contribution in [3.63, 3.8) is 0 Å². The number of rotatable bonds is 5. The maximum atomic E-state index is 13.3. The molecule has 0 atom stereocenters. The van der Waals surface area contributed by atoms with Crippen molar-refractivity contribution in [1.82, 2.24) is 9.80 Å². The number of carbonyl (C=O) groups excluding carboxylic acids is 2. The predicted molar refractivity (Wildman–Crippen MR) is 105 cm³/mol. The van der Waals surface area contributed by atoms with E-state index in [1.807, 2.05) is 40.6 Å². The first kappa shape index (κ1) is 17.9. The highest BCUT2D eigenvalue weighted by molar-refractivity contribution is 7.11. The van der Waals surface area contributed by atoms with Crippen molar-refractivity contribution >= 4 is 34.4 Å². The Bertz CT molecular complexity index is 856. The van der Waals surface area contributed by atoms with Crippen LogP contribution in [-0.4, -0.2) is 66.1 Å². The highest BCUT2D eigenvalue weighted by atomic mass is 32.1. The second-order valence-electron chi connectivity index (χ2n) is 6.53. The number of aliphatic hydroxyl groups excluding tert-OH is 1. The van der Waals surface area contributed by atoms with E-state index in [1.165, 1.54) is 16.2 Å². The number of amides is 2. The van der Waals surface area contributed by atoms with Gasteiger partial charge in [0.05, 0.1) is 17.9 Å². The predicted octanol–water partition coefficient (Wildman–Crippen LogP) is 1.64. The molecule has 2 aliphatic rings. The molecule has 1 fully saturated rings. The summed E-state index contributed by atoms with van der Waals surface area (Å²) >= 11 is 1.47. The number of imide groups is 1. The minimum absolute atomic E-state index is 0.127. The SMILES string of the molecule is O=C1C(c2cccs2)=C(N2CCN(CCO)CC2)C(=O)N1c1ccccc1. The van der Waals surface area contributed by atoms with Crippen LogP contribution in [0.1, 0.15) is 4.88 Å². The first-order valence-corrected chi connectivity index (χ1v) is 9.89. The van der Waals surface area contributed by atoms with Crippen molar-refractivity contribution in [1.29, 1.82) is 0 Å². The van der Waals surface area contributed by atoms with Crippen molar-refractivity contribution in [3.05, 3.63) is 58.4 Å². The second-order valence-corrected chi connectivity index (χ2v) is 7.48. The molecule has 0 spiro atoms. The van der Waals surface area contributed by atoms with Gasteiger partial charge in [-0.1, -0.05) is 24.3 Å². The molecule has 0 aliphatic carbocycles. The summed E-state index contributed by atoms with van der Waals surface area (Å²) in [5.74, 6) is -0.522. The summed E-state index contributed by atoms with van der Waals surface area (Å²) in [7, 11) is 0. The Morgan fingerprint density at radius 3 is 2.30 bits per heavy atom. The average molecular weight is 383 g/mol. The second kappa shape index (κ2) is 7.64. The third-order valence-corrected chi connectivity index (χ3v) is 5.83. The first-order valence-electron chi connectivity index (χ1n) is 9.01. The standard InChI is InChI=1S/C20H21N3O3S/c24-13-12-21-8-10-22(11-9-21)18-17(16-7-4-14-27-16)19(25)23(20(18)26)15-5-2-1-3-6-15/h1-7,14,24H,8-13H2. The van der Waals surface area contributed by atoms with Gasteiger partial charge in [0.1, 0.15) is 5.70 Å². The fraction of sp³-hybridized carbons (Fsp3) is 0.300. The van der Waals surface area contributed by atoms with Gasteiger partial charge >= 0.3 is 0 Å². The molecule has 2 aliphatic heterocycles. The number of benzene rings is 1. The Balaban J connectivity index is 1.69. The molecule has 1 saturated heterocycles. The van der Waals surface area contributed by atoms with Gasteiger partial charge in [0.2, 0.25) is 0 Å². The lowest BCUT2D eigenvalue weighted by Gasteiger charge is -2.36. The molecule has 6 nitrogen and oxygen atoms in total. The zero-order chi connectivity index (χ0) is 18.8. The van der Waals surface area contributed by atoms with Crippen LogP contribution in [0, 0.1) is 0 Å². The number of piperazine rings is 1. The number of thiophene rings is 1. The zero-order valence-corrected chi connectivity index (χ0v) is 15.7. The minimum Gasteiger partial charge on any atom is -0.395 e. The number of nitrogens with zero attached hydrogens (tertiary/aromatic N) is 3. The smallest absolute Gasteiger partial charge is 0.282 e. The lowest BCUT2D eigenvalue weighted by Crippen LogP contribution is -2.48. The topological polar surface area (TPSA) is 64.1 Å². The minimum atomic E-state index is -0.263. The van der Waals surface area contributed by atoms with Crippen LogP contribution in [0.15, 0.2) is 53.5 Å². The van der Waals surface area contributed by atoms with Gasteiger partial charge in [-0.3, -0.25) is 14.5 Å². The van der Waals surface area contributed by atoms with Crippen LogP contribution >= 0.6 is 11.3 Å². The maximum absolute atomic E-state index is 13.3. The van der Waals surface area contributed by atoms with E-state index in [0.29, 0.717) is 36.6 Å². The molecule has 1 N–H and O–H groups in total. The summed E-state index contributed by atoms with van der Waals surface area (Å²) in [6.45, 7) is 3.59. The van der Waals surface area contributed by atoms with Crippen LogP contribution in [0.3, 0.4) is 0 Å². The number of carbonyl (C=O) groups is 2. The number of β-amino-alcohol motifs (C(OH)–C–C–N with tert-alkyl or cyclic N) is 1. The molecule has 2 amide bonds. The summed E-state index contributed by atoms with van der Waals surface area (Å²) in [4.78, 5) is 32.8. The van der Waals surface area contributed by atoms with Gasteiger partial charge in [-0.05, 0) is 23.6 Å². The Labute approximate surface area is 161 Å². The van der Waals surface area contributed by atoms with Crippen molar-refractivity contribution in [2.75, 3.05) is 44.2 Å². The highest BCUT2D eigenvalue weighted by Gasteiger charge is 2.43. The van der Waals surface area contributed by atoms with Crippen LogP contribution in [0.4, 0.5) is 5.69 Å². The molecule has 0 bridgehead atoms. The van der Waals surface area contributed by atoms with E-state index in [0.717, 1.165) is 18.0 Å². The van der Waals surface area contributed by atoms with Crippen LogP contribution in [0.25, 0.3) is 5.57 Å². The van der Waals surface area contributed by atoms with Crippen molar-refractivity contribution < 1.29 is 14.7 Å². The molecule has 140 valence electrons. The molecular formula is C20H21N3O3S. The first-order chi connectivity index (χ1) is 13.2.